The average Bonchev–Trinajstić information content (AvgIpc) is 3.16. The number of anilines is 1. The van der Waals surface area contributed by atoms with Crippen LogP contribution in [0, 0.1) is 0 Å². The summed E-state index contributed by atoms with van der Waals surface area (Å²) in [4.78, 5) is 11.1. The maximum atomic E-state index is 11.1. The number of carbonyl (C=O) groups is 1. The van der Waals surface area contributed by atoms with Crippen LogP contribution < -0.4 is 10.1 Å². The molecule has 2 aliphatic heterocycles. The molecule has 3 nitrogen and oxygen atoms in total. The molecule has 144 valence electrons. The molecule has 2 aromatic carbocycles. The van der Waals surface area contributed by atoms with Crippen LogP contribution in [-0.2, 0) is 28.5 Å². The number of ether oxygens (including phenoxy) is 1. The van der Waals surface area contributed by atoms with Crippen molar-refractivity contribution in [2.45, 2.75) is 65.2 Å². The van der Waals surface area contributed by atoms with Gasteiger partial charge in [-0.25, -0.2) is 0 Å². The number of benzene rings is 2. The lowest BCUT2D eigenvalue weighted by Gasteiger charge is -2.19. The standard InChI is InChI=1S/C12H15NO.C12H16O/c1-12(2,3)9-4-5-10-8(6-9)7-11(14)13-10;1-12(2,3)10-4-5-11-9(8-10)6-7-13-11/h4-6H,7H2,1-3H3,(H,13,14);4-5,8H,6-7H2,1-3H3. The molecule has 2 aliphatic rings. The monoisotopic (exact) mass is 365 g/mol. The molecule has 4 rings (SSSR count). The Hall–Kier alpha value is -2.29. The molecule has 0 aromatic heterocycles. The lowest BCUT2D eigenvalue weighted by molar-refractivity contribution is -0.115. The van der Waals surface area contributed by atoms with Crippen molar-refractivity contribution in [2.75, 3.05) is 11.9 Å². The quantitative estimate of drug-likeness (QED) is 0.679. The first-order valence-electron chi connectivity index (χ1n) is 9.73. The molecule has 2 aromatic rings. The van der Waals surface area contributed by atoms with E-state index in [0.717, 1.165) is 30.0 Å². The van der Waals surface area contributed by atoms with E-state index in [-0.39, 0.29) is 16.7 Å². The van der Waals surface area contributed by atoms with Crippen LogP contribution in [0.5, 0.6) is 5.75 Å². The van der Waals surface area contributed by atoms with E-state index in [1.807, 2.05) is 6.07 Å². The number of hydrogen-bond donors (Lipinski definition) is 1. The topological polar surface area (TPSA) is 38.3 Å². The Morgan fingerprint density at radius 2 is 1.44 bits per heavy atom. The molecule has 0 radical (unpaired) electrons. The Kier molecular flexibility index (Phi) is 5.07. The fraction of sp³-hybridized carbons (Fsp3) is 0.458. The van der Waals surface area contributed by atoms with Gasteiger partial charge in [-0.05, 0) is 45.2 Å². The van der Waals surface area contributed by atoms with Crippen LogP contribution >= 0.6 is 0 Å². The Balaban J connectivity index is 0.000000156. The number of nitrogens with one attached hydrogen (secondary N) is 1. The molecule has 1 amide bonds. The normalized spacial score (nSPS) is 15.3. The molecular formula is C24H31NO2. The Morgan fingerprint density at radius 3 is 2.07 bits per heavy atom. The maximum Gasteiger partial charge on any atom is 0.228 e. The largest absolute Gasteiger partial charge is 0.493 e. The third-order valence-electron chi connectivity index (χ3n) is 5.15. The molecule has 0 saturated heterocycles. The summed E-state index contributed by atoms with van der Waals surface area (Å²) in [5.41, 5.74) is 6.56. The average molecular weight is 366 g/mol. The van der Waals surface area contributed by atoms with Gasteiger partial charge in [-0.1, -0.05) is 65.8 Å². The van der Waals surface area contributed by atoms with Gasteiger partial charge in [-0.3, -0.25) is 4.79 Å². The molecule has 0 unspecified atom stereocenters. The second-order valence-electron chi connectivity index (χ2n) is 9.52. The number of amides is 1. The van der Waals surface area contributed by atoms with Crippen LogP contribution in [0.1, 0.15) is 63.8 Å². The molecule has 3 heteroatoms. The van der Waals surface area contributed by atoms with Gasteiger partial charge in [0.2, 0.25) is 5.91 Å². The molecule has 0 spiro atoms. The number of carbonyl (C=O) groups excluding carboxylic acids is 1. The van der Waals surface area contributed by atoms with E-state index in [9.17, 15) is 4.79 Å². The first kappa shape index (κ1) is 19.5. The minimum atomic E-state index is 0.103. The smallest absolute Gasteiger partial charge is 0.228 e. The van der Waals surface area contributed by atoms with Gasteiger partial charge in [0, 0.05) is 12.1 Å². The Morgan fingerprint density at radius 1 is 0.852 bits per heavy atom. The van der Waals surface area contributed by atoms with E-state index >= 15 is 0 Å². The predicted molar refractivity (Wildman–Crippen MR) is 112 cm³/mol. The van der Waals surface area contributed by atoms with E-state index in [1.165, 1.54) is 16.7 Å². The van der Waals surface area contributed by atoms with Crippen LogP contribution in [0.2, 0.25) is 0 Å². The van der Waals surface area contributed by atoms with Gasteiger partial charge in [-0.2, -0.15) is 0 Å². The van der Waals surface area contributed by atoms with Crippen molar-refractivity contribution >= 4 is 11.6 Å². The highest BCUT2D eigenvalue weighted by atomic mass is 16.5. The zero-order valence-electron chi connectivity index (χ0n) is 17.4. The summed E-state index contributed by atoms with van der Waals surface area (Å²) in [6.45, 7) is 14.1. The van der Waals surface area contributed by atoms with E-state index in [0.29, 0.717) is 6.42 Å². The van der Waals surface area contributed by atoms with E-state index < -0.39 is 0 Å². The van der Waals surface area contributed by atoms with E-state index in [2.05, 4.69) is 77.2 Å². The fourth-order valence-corrected chi connectivity index (χ4v) is 3.35. The predicted octanol–water partition coefficient (Wildman–Crippen LogP) is 5.40. The molecular weight excluding hydrogens is 334 g/mol. The summed E-state index contributed by atoms with van der Waals surface area (Å²) < 4.78 is 5.47. The summed E-state index contributed by atoms with van der Waals surface area (Å²) in [5, 5.41) is 2.84. The highest BCUT2D eigenvalue weighted by Gasteiger charge is 2.21. The van der Waals surface area contributed by atoms with Crippen molar-refractivity contribution in [3.8, 4) is 5.75 Å². The fourth-order valence-electron chi connectivity index (χ4n) is 3.35. The van der Waals surface area contributed by atoms with Crippen molar-refractivity contribution in [1.82, 2.24) is 0 Å². The van der Waals surface area contributed by atoms with Crippen molar-refractivity contribution in [3.63, 3.8) is 0 Å². The van der Waals surface area contributed by atoms with Crippen LogP contribution in [0.25, 0.3) is 0 Å². The molecule has 1 N–H and O–H groups in total. The summed E-state index contributed by atoms with van der Waals surface area (Å²) in [6, 6.07) is 12.8. The van der Waals surface area contributed by atoms with Crippen LogP contribution in [0.3, 0.4) is 0 Å². The molecule has 0 atom stereocenters. The van der Waals surface area contributed by atoms with Gasteiger partial charge in [-0.15, -0.1) is 0 Å². The Labute approximate surface area is 163 Å². The maximum absolute atomic E-state index is 11.1. The minimum Gasteiger partial charge on any atom is -0.493 e. The van der Waals surface area contributed by atoms with Gasteiger partial charge in [0.25, 0.3) is 0 Å². The summed E-state index contributed by atoms with van der Waals surface area (Å²) in [7, 11) is 0. The molecule has 27 heavy (non-hydrogen) atoms. The summed E-state index contributed by atoms with van der Waals surface area (Å²) >= 11 is 0. The van der Waals surface area contributed by atoms with Gasteiger partial charge in [0.15, 0.2) is 0 Å². The zero-order valence-corrected chi connectivity index (χ0v) is 17.4. The third kappa shape index (κ3) is 4.52. The summed E-state index contributed by atoms with van der Waals surface area (Å²) in [6.07, 6.45) is 1.60. The minimum absolute atomic E-state index is 0.103. The first-order chi connectivity index (χ1) is 12.5. The second-order valence-corrected chi connectivity index (χ2v) is 9.52. The van der Waals surface area contributed by atoms with Gasteiger partial charge >= 0.3 is 0 Å². The van der Waals surface area contributed by atoms with Gasteiger partial charge in [0.1, 0.15) is 5.75 Å². The summed E-state index contributed by atoms with van der Waals surface area (Å²) in [5.74, 6) is 1.18. The van der Waals surface area contributed by atoms with Gasteiger partial charge in [0.05, 0.1) is 13.0 Å². The zero-order chi connectivity index (χ0) is 19.8. The molecule has 0 aliphatic carbocycles. The van der Waals surface area contributed by atoms with Crippen LogP contribution in [-0.4, -0.2) is 12.5 Å². The lowest BCUT2D eigenvalue weighted by atomic mass is 9.86. The highest BCUT2D eigenvalue weighted by Crippen LogP contribution is 2.31. The molecule has 0 bridgehead atoms. The van der Waals surface area contributed by atoms with Crippen molar-refractivity contribution in [3.05, 3.63) is 58.7 Å². The third-order valence-corrected chi connectivity index (χ3v) is 5.15. The van der Waals surface area contributed by atoms with Crippen LogP contribution in [0.15, 0.2) is 36.4 Å². The first-order valence-corrected chi connectivity index (χ1v) is 9.73. The number of fused-ring (bicyclic) bond motifs is 2. The SMILES string of the molecule is CC(C)(C)c1ccc2c(c1)CC(=O)N2.CC(C)(C)c1ccc2c(c1)CCO2. The van der Waals surface area contributed by atoms with Crippen LogP contribution in [0.4, 0.5) is 5.69 Å². The van der Waals surface area contributed by atoms with Crippen molar-refractivity contribution in [1.29, 1.82) is 0 Å². The lowest BCUT2D eigenvalue weighted by Crippen LogP contribution is -2.10. The molecule has 0 fully saturated rings. The highest BCUT2D eigenvalue weighted by molar-refractivity contribution is 5.99. The number of hydrogen-bond acceptors (Lipinski definition) is 2. The van der Waals surface area contributed by atoms with Crippen molar-refractivity contribution < 1.29 is 9.53 Å². The van der Waals surface area contributed by atoms with E-state index in [1.54, 1.807) is 0 Å². The second kappa shape index (κ2) is 7.03. The van der Waals surface area contributed by atoms with E-state index in [4.69, 9.17) is 4.74 Å². The van der Waals surface area contributed by atoms with Crippen molar-refractivity contribution in [2.24, 2.45) is 0 Å². The number of rotatable bonds is 0. The Bertz CT molecular complexity index is 854. The molecule has 2 heterocycles. The molecule has 0 saturated carbocycles. The van der Waals surface area contributed by atoms with Gasteiger partial charge < -0.3 is 10.1 Å².